The molecular weight excluding hydrogens is 281 g/mol. The van der Waals surface area contributed by atoms with Gasteiger partial charge in [0.25, 0.3) is 0 Å². The van der Waals surface area contributed by atoms with Crippen LogP contribution in [0.15, 0.2) is 33.8 Å². The summed E-state index contributed by atoms with van der Waals surface area (Å²) in [5.41, 5.74) is 1.04. The standard InChI is InChI=1S/C9H7BrClN3O/c10-7-8(11)13-5-14-9(7)12-3-6-1-2-15-4-6/h1-2,4-5H,3H2,(H,12,13,14). The van der Waals surface area contributed by atoms with Crippen LogP contribution in [-0.4, -0.2) is 9.97 Å². The van der Waals surface area contributed by atoms with E-state index in [9.17, 15) is 0 Å². The van der Waals surface area contributed by atoms with Crippen molar-refractivity contribution in [3.63, 3.8) is 0 Å². The van der Waals surface area contributed by atoms with E-state index in [1.807, 2.05) is 6.07 Å². The molecule has 0 unspecified atom stereocenters. The third-order valence-electron chi connectivity index (χ3n) is 1.79. The van der Waals surface area contributed by atoms with Crippen molar-refractivity contribution >= 4 is 33.3 Å². The highest BCUT2D eigenvalue weighted by Crippen LogP contribution is 2.26. The second-order valence-electron chi connectivity index (χ2n) is 2.81. The fourth-order valence-corrected chi connectivity index (χ4v) is 1.53. The van der Waals surface area contributed by atoms with E-state index in [1.54, 1.807) is 12.5 Å². The van der Waals surface area contributed by atoms with E-state index in [2.05, 4.69) is 31.2 Å². The first-order valence-corrected chi connectivity index (χ1v) is 5.35. The lowest BCUT2D eigenvalue weighted by atomic mass is 10.3. The summed E-state index contributed by atoms with van der Waals surface area (Å²) in [5.74, 6) is 0.663. The summed E-state index contributed by atoms with van der Waals surface area (Å²) in [4.78, 5) is 7.89. The molecule has 0 saturated heterocycles. The molecule has 2 rings (SSSR count). The van der Waals surface area contributed by atoms with Crippen molar-refractivity contribution in [1.82, 2.24) is 9.97 Å². The third-order valence-corrected chi connectivity index (χ3v) is 3.05. The number of anilines is 1. The monoisotopic (exact) mass is 287 g/mol. The maximum Gasteiger partial charge on any atom is 0.148 e. The van der Waals surface area contributed by atoms with Crippen LogP contribution < -0.4 is 5.32 Å². The molecule has 0 spiro atoms. The Bertz CT molecular complexity index is 447. The predicted octanol–water partition coefficient (Wildman–Crippen LogP) is 3.10. The lowest BCUT2D eigenvalue weighted by Gasteiger charge is -2.05. The van der Waals surface area contributed by atoms with Gasteiger partial charge in [-0.1, -0.05) is 11.6 Å². The Balaban J connectivity index is 2.08. The summed E-state index contributed by atoms with van der Waals surface area (Å²) in [6.07, 6.45) is 4.70. The van der Waals surface area contributed by atoms with Gasteiger partial charge in [-0.15, -0.1) is 0 Å². The zero-order valence-electron chi connectivity index (χ0n) is 7.58. The summed E-state index contributed by atoms with van der Waals surface area (Å²) < 4.78 is 5.61. The lowest BCUT2D eigenvalue weighted by molar-refractivity contribution is 0.564. The van der Waals surface area contributed by atoms with Crippen LogP contribution >= 0.6 is 27.5 Å². The Kier molecular flexibility index (Phi) is 3.23. The van der Waals surface area contributed by atoms with E-state index in [0.29, 0.717) is 22.0 Å². The minimum Gasteiger partial charge on any atom is -0.472 e. The molecule has 0 aromatic carbocycles. The topological polar surface area (TPSA) is 51.0 Å². The zero-order valence-corrected chi connectivity index (χ0v) is 9.92. The largest absolute Gasteiger partial charge is 0.472 e. The molecule has 0 fully saturated rings. The van der Waals surface area contributed by atoms with Crippen LogP contribution in [-0.2, 0) is 6.54 Å². The number of aromatic nitrogens is 2. The van der Waals surface area contributed by atoms with Gasteiger partial charge >= 0.3 is 0 Å². The molecule has 0 saturated carbocycles. The molecular formula is C9H7BrClN3O. The average molecular weight is 289 g/mol. The Morgan fingerprint density at radius 3 is 3.07 bits per heavy atom. The first kappa shape index (κ1) is 10.4. The number of nitrogens with one attached hydrogen (secondary N) is 1. The van der Waals surface area contributed by atoms with Crippen LogP contribution in [0.1, 0.15) is 5.56 Å². The Morgan fingerprint density at radius 1 is 1.47 bits per heavy atom. The fraction of sp³-hybridized carbons (Fsp3) is 0.111. The Morgan fingerprint density at radius 2 is 2.33 bits per heavy atom. The molecule has 15 heavy (non-hydrogen) atoms. The molecule has 0 bridgehead atoms. The summed E-state index contributed by atoms with van der Waals surface area (Å²) in [6, 6.07) is 1.88. The van der Waals surface area contributed by atoms with Gasteiger partial charge in [-0.2, -0.15) is 0 Å². The second-order valence-corrected chi connectivity index (χ2v) is 3.96. The first-order valence-electron chi connectivity index (χ1n) is 4.18. The lowest BCUT2D eigenvalue weighted by Crippen LogP contribution is -2.01. The third kappa shape index (κ3) is 2.49. The molecule has 0 aliphatic rings. The molecule has 0 aliphatic carbocycles. The van der Waals surface area contributed by atoms with Gasteiger partial charge in [-0.3, -0.25) is 0 Å². The summed E-state index contributed by atoms with van der Waals surface area (Å²) >= 11 is 9.12. The van der Waals surface area contributed by atoms with E-state index >= 15 is 0 Å². The van der Waals surface area contributed by atoms with Crippen molar-refractivity contribution in [2.24, 2.45) is 0 Å². The van der Waals surface area contributed by atoms with E-state index in [-0.39, 0.29) is 0 Å². The zero-order chi connectivity index (χ0) is 10.7. The molecule has 0 radical (unpaired) electrons. The first-order chi connectivity index (χ1) is 7.27. The number of hydrogen-bond acceptors (Lipinski definition) is 4. The van der Waals surface area contributed by atoms with Crippen molar-refractivity contribution in [1.29, 1.82) is 0 Å². The van der Waals surface area contributed by atoms with E-state index in [4.69, 9.17) is 16.0 Å². The van der Waals surface area contributed by atoms with Gasteiger partial charge in [-0.25, -0.2) is 9.97 Å². The van der Waals surface area contributed by atoms with Gasteiger partial charge in [0.1, 0.15) is 17.3 Å². The quantitative estimate of drug-likeness (QED) is 0.882. The van der Waals surface area contributed by atoms with Crippen LogP contribution in [0.4, 0.5) is 5.82 Å². The van der Waals surface area contributed by atoms with Crippen LogP contribution in [0.2, 0.25) is 5.15 Å². The smallest absolute Gasteiger partial charge is 0.148 e. The Hall–Kier alpha value is -1.07. The molecule has 1 N–H and O–H groups in total. The van der Waals surface area contributed by atoms with Crippen LogP contribution in [0.3, 0.4) is 0 Å². The highest BCUT2D eigenvalue weighted by atomic mass is 79.9. The number of furan rings is 1. The molecule has 0 aliphatic heterocycles. The van der Waals surface area contributed by atoms with Crippen molar-refractivity contribution in [2.75, 3.05) is 5.32 Å². The molecule has 2 heterocycles. The van der Waals surface area contributed by atoms with Gasteiger partial charge < -0.3 is 9.73 Å². The molecule has 2 aromatic rings. The molecule has 2 aromatic heterocycles. The molecule has 0 atom stereocenters. The Labute approximate surface area is 99.8 Å². The molecule has 78 valence electrons. The van der Waals surface area contributed by atoms with Gasteiger partial charge in [0.05, 0.1) is 17.0 Å². The van der Waals surface area contributed by atoms with E-state index in [1.165, 1.54) is 6.33 Å². The van der Waals surface area contributed by atoms with Gasteiger partial charge in [0, 0.05) is 12.1 Å². The molecule has 6 heteroatoms. The van der Waals surface area contributed by atoms with Crippen LogP contribution in [0.5, 0.6) is 0 Å². The number of halogens is 2. The maximum atomic E-state index is 5.82. The SMILES string of the molecule is Clc1ncnc(NCc2ccoc2)c1Br. The number of nitrogens with zero attached hydrogens (tertiary/aromatic N) is 2. The van der Waals surface area contributed by atoms with Crippen molar-refractivity contribution in [2.45, 2.75) is 6.54 Å². The fourth-order valence-electron chi connectivity index (χ4n) is 1.05. The summed E-state index contributed by atoms with van der Waals surface area (Å²) in [6.45, 7) is 0.627. The van der Waals surface area contributed by atoms with Gasteiger partial charge in [0.2, 0.25) is 0 Å². The number of hydrogen-bond donors (Lipinski definition) is 1. The summed E-state index contributed by atoms with van der Waals surface area (Å²) in [5, 5.41) is 3.50. The number of rotatable bonds is 3. The van der Waals surface area contributed by atoms with Crippen molar-refractivity contribution in [3.05, 3.63) is 40.1 Å². The van der Waals surface area contributed by atoms with Crippen LogP contribution in [0.25, 0.3) is 0 Å². The minimum absolute atomic E-state index is 0.389. The van der Waals surface area contributed by atoms with Crippen molar-refractivity contribution in [3.8, 4) is 0 Å². The summed E-state index contributed by atoms with van der Waals surface area (Å²) in [7, 11) is 0. The van der Waals surface area contributed by atoms with Gasteiger partial charge in [0.15, 0.2) is 0 Å². The van der Waals surface area contributed by atoms with E-state index < -0.39 is 0 Å². The maximum absolute atomic E-state index is 5.82. The average Bonchev–Trinajstić information content (AvgIpc) is 2.73. The highest BCUT2D eigenvalue weighted by molar-refractivity contribution is 9.10. The minimum atomic E-state index is 0.389. The highest BCUT2D eigenvalue weighted by Gasteiger charge is 2.06. The van der Waals surface area contributed by atoms with Gasteiger partial charge in [-0.05, 0) is 22.0 Å². The predicted molar refractivity (Wildman–Crippen MR) is 60.8 cm³/mol. The normalized spacial score (nSPS) is 10.3. The molecule has 4 nitrogen and oxygen atoms in total. The second kappa shape index (κ2) is 4.63. The van der Waals surface area contributed by atoms with E-state index in [0.717, 1.165) is 5.56 Å². The van der Waals surface area contributed by atoms with Crippen molar-refractivity contribution < 1.29 is 4.42 Å². The molecule has 0 amide bonds. The van der Waals surface area contributed by atoms with Crippen LogP contribution in [0, 0.1) is 0 Å².